The van der Waals surface area contributed by atoms with Gasteiger partial charge in [0.25, 0.3) is 0 Å². The molecule has 0 fully saturated rings. The molecule has 0 aliphatic heterocycles. The first-order valence-corrected chi connectivity index (χ1v) is 41.0. The predicted octanol–water partition coefficient (Wildman–Crippen LogP) is 21.0. The molecule has 0 rings (SSSR count). The van der Waals surface area contributed by atoms with E-state index in [0.717, 1.165) is 108 Å². The Balaban J connectivity index is 5.28. The van der Waals surface area contributed by atoms with Crippen LogP contribution in [0.4, 0.5) is 0 Å². The molecule has 0 saturated carbocycles. The van der Waals surface area contributed by atoms with Crippen molar-refractivity contribution < 1.29 is 80.2 Å². The van der Waals surface area contributed by atoms with E-state index < -0.39 is 97.5 Å². The van der Waals surface area contributed by atoms with Gasteiger partial charge in [-0.05, 0) is 43.4 Å². The van der Waals surface area contributed by atoms with Gasteiger partial charge in [-0.3, -0.25) is 37.3 Å². The minimum Gasteiger partial charge on any atom is -0.462 e. The van der Waals surface area contributed by atoms with E-state index in [1.54, 1.807) is 0 Å². The van der Waals surface area contributed by atoms with Gasteiger partial charge in [-0.1, -0.05) is 318 Å². The molecule has 0 spiro atoms. The van der Waals surface area contributed by atoms with Crippen LogP contribution in [0.15, 0.2) is 0 Å². The molecule has 0 aromatic heterocycles. The summed E-state index contributed by atoms with van der Waals surface area (Å²) in [5.74, 6) is 0.260. The van der Waals surface area contributed by atoms with E-state index in [9.17, 15) is 43.2 Å². The van der Waals surface area contributed by atoms with E-state index in [-0.39, 0.29) is 25.7 Å². The molecule has 0 amide bonds. The third kappa shape index (κ3) is 62.8. The second-order valence-electron chi connectivity index (χ2n) is 27.1. The van der Waals surface area contributed by atoms with Gasteiger partial charge >= 0.3 is 39.5 Å². The molecule has 0 bridgehead atoms. The Morgan fingerprint density at radius 2 is 0.522 bits per heavy atom. The molecule has 0 saturated heterocycles. The third-order valence-electron chi connectivity index (χ3n) is 18.0. The zero-order chi connectivity index (χ0) is 68.0. The Hall–Kier alpha value is -1.94. The van der Waals surface area contributed by atoms with Gasteiger partial charge in [0, 0.05) is 25.7 Å². The number of esters is 4. The molecule has 0 aliphatic rings. The van der Waals surface area contributed by atoms with Crippen molar-refractivity contribution >= 4 is 39.5 Å². The van der Waals surface area contributed by atoms with Gasteiger partial charge in [0.2, 0.25) is 0 Å². The molecular weight excluding hydrogens is 1210 g/mol. The largest absolute Gasteiger partial charge is 0.472 e. The molecule has 19 heteroatoms. The number of phosphoric acid groups is 2. The summed E-state index contributed by atoms with van der Waals surface area (Å²) in [4.78, 5) is 72.7. The van der Waals surface area contributed by atoms with Crippen LogP contribution in [-0.2, 0) is 65.4 Å². The summed E-state index contributed by atoms with van der Waals surface area (Å²) in [5.41, 5.74) is 0. The van der Waals surface area contributed by atoms with Crippen molar-refractivity contribution in [1.82, 2.24) is 0 Å². The van der Waals surface area contributed by atoms with Crippen LogP contribution >= 0.6 is 15.6 Å². The van der Waals surface area contributed by atoms with Gasteiger partial charge in [0.1, 0.15) is 19.3 Å². The SMILES string of the molecule is CCCCCCCCCCCCCCC(=O)OC[C@H](COP(=O)(O)OC[C@H](O)COP(=O)(O)OC[C@@H](COC(=O)CCCCCCCCCCCCC(C)CC)OC(=O)CCCCCCCCCCCCC(C)CC)OC(=O)CCCCCCCCCCC(C)CC. The average Bonchev–Trinajstić information content (AvgIpc) is 2.49. The lowest BCUT2D eigenvalue weighted by atomic mass is 9.99. The summed E-state index contributed by atoms with van der Waals surface area (Å²) < 4.78 is 68.4. The highest BCUT2D eigenvalue weighted by Crippen LogP contribution is 2.45. The molecule has 0 heterocycles. The number of carbonyl (C=O) groups is 4. The van der Waals surface area contributed by atoms with Crippen molar-refractivity contribution in [2.24, 2.45) is 17.8 Å². The second-order valence-corrected chi connectivity index (χ2v) is 30.0. The Bertz CT molecular complexity index is 1810. The van der Waals surface area contributed by atoms with E-state index in [2.05, 4.69) is 48.5 Å². The highest BCUT2D eigenvalue weighted by Gasteiger charge is 2.30. The molecular formula is C73H142O17P2. The predicted molar refractivity (Wildman–Crippen MR) is 372 cm³/mol. The van der Waals surface area contributed by atoms with Crippen LogP contribution in [0.1, 0.15) is 370 Å². The van der Waals surface area contributed by atoms with Gasteiger partial charge in [0.05, 0.1) is 26.4 Å². The maximum atomic E-state index is 13.1. The fourth-order valence-corrected chi connectivity index (χ4v) is 12.6. The Kier molecular flexibility index (Phi) is 62.4. The molecule has 0 radical (unpaired) electrons. The van der Waals surface area contributed by atoms with Gasteiger partial charge < -0.3 is 33.8 Å². The maximum Gasteiger partial charge on any atom is 0.472 e. The van der Waals surface area contributed by atoms with Crippen LogP contribution in [0.25, 0.3) is 0 Å². The zero-order valence-corrected chi connectivity index (χ0v) is 61.8. The first-order valence-electron chi connectivity index (χ1n) is 38.0. The van der Waals surface area contributed by atoms with Crippen LogP contribution in [0.3, 0.4) is 0 Å². The number of hydrogen-bond donors (Lipinski definition) is 3. The fraction of sp³-hybridized carbons (Fsp3) is 0.945. The normalized spacial score (nSPS) is 15.0. The van der Waals surface area contributed by atoms with Crippen LogP contribution in [-0.4, -0.2) is 96.7 Å². The van der Waals surface area contributed by atoms with Crippen molar-refractivity contribution in [3.63, 3.8) is 0 Å². The first kappa shape index (κ1) is 90.1. The van der Waals surface area contributed by atoms with E-state index in [4.69, 9.17) is 37.0 Å². The molecule has 546 valence electrons. The Morgan fingerprint density at radius 1 is 0.304 bits per heavy atom. The molecule has 17 nitrogen and oxygen atoms in total. The van der Waals surface area contributed by atoms with E-state index in [0.29, 0.717) is 25.7 Å². The summed E-state index contributed by atoms with van der Waals surface area (Å²) in [6.07, 6.45) is 48.2. The average molecular weight is 1350 g/mol. The summed E-state index contributed by atoms with van der Waals surface area (Å²) in [6.45, 7) is 11.9. The number of aliphatic hydroxyl groups is 1. The van der Waals surface area contributed by atoms with Gasteiger partial charge in [-0.25, -0.2) is 9.13 Å². The Morgan fingerprint density at radius 3 is 0.772 bits per heavy atom. The van der Waals surface area contributed by atoms with Crippen molar-refractivity contribution in [3.05, 3.63) is 0 Å². The van der Waals surface area contributed by atoms with E-state index >= 15 is 0 Å². The zero-order valence-electron chi connectivity index (χ0n) is 60.0. The molecule has 0 aromatic rings. The standard InChI is InChI=1S/C73H142O17P2/c1-8-12-13-14-15-16-17-18-25-33-40-47-54-70(75)83-61-69(90-73(78)57-50-43-36-29-28-32-39-46-53-66(7)11-4)63-88-92(81,82)86-59-67(74)58-85-91(79,80)87-62-68(89-72(77)56-49-42-35-27-22-20-24-31-38-45-52-65(6)10-3)60-84-71(76)55-48-41-34-26-21-19-23-30-37-44-51-64(5)9-2/h64-69,74H,8-63H2,1-7H3,(H,79,80)(H,81,82)/t64?,65?,66?,67-,68-,69-/m1/s1. The van der Waals surface area contributed by atoms with Crippen LogP contribution in [0.5, 0.6) is 0 Å². The van der Waals surface area contributed by atoms with Crippen LogP contribution in [0, 0.1) is 17.8 Å². The number of unbranched alkanes of at least 4 members (excludes halogenated alkanes) is 36. The fourth-order valence-electron chi connectivity index (χ4n) is 11.0. The molecule has 0 aromatic carbocycles. The number of aliphatic hydroxyl groups excluding tert-OH is 1. The molecule has 92 heavy (non-hydrogen) atoms. The topological polar surface area (TPSA) is 237 Å². The smallest absolute Gasteiger partial charge is 0.462 e. The lowest BCUT2D eigenvalue weighted by Gasteiger charge is -2.21. The molecule has 8 atom stereocenters. The number of ether oxygens (including phenoxy) is 4. The number of hydrogen-bond acceptors (Lipinski definition) is 15. The minimum absolute atomic E-state index is 0.105. The molecule has 3 N–H and O–H groups in total. The summed E-state index contributed by atoms with van der Waals surface area (Å²) in [7, 11) is -9.91. The second kappa shape index (κ2) is 63.8. The molecule has 0 aliphatic carbocycles. The van der Waals surface area contributed by atoms with E-state index in [1.165, 1.54) is 180 Å². The van der Waals surface area contributed by atoms with Crippen LogP contribution in [0.2, 0.25) is 0 Å². The summed E-state index contributed by atoms with van der Waals surface area (Å²) >= 11 is 0. The Labute approximate surface area is 562 Å². The highest BCUT2D eigenvalue weighted by molar-refractivity contribution is 7.47. The third-order valence-corrected chi connectivity index (χ3v) is 19.9. The summed E-state index contributed by atoms with van der Waals surface area (Å²) in [5, 5.41) is 10.6. The van der Waals surface area contributed by atoms with Crippen molar-refractivity contribution in [2.75, 3.05) is 39.6 Å². The number of carbonyl (C=O) groups excluding carboxylic acids is 4. The van der Waals surface area contributed by atoms with Crippen molar-refractivity contribution in [2.45, 2.75) is 388 Å². The van der Waals surface area contributed by atoms with Gasteiger partial charge in [-0.15, -0.1) is 0 Å². The molecule has 5 unspecified atom stereocenters. The van der Waals surface area contributed by atoms with Gasteiger partial charge in [0.15, 0.2) is 12.2 Å². The summed E-state index contributed by atoms with van der Waals surface area (Å²) in [6, 6.07) is 0. The monoisotopic (exact) mass is 1350 g/mol. The van der Waals surface area contributed by atoms with Crippen LogP contribution < -0.4 is 0 Å². The highest BCUT2D eigenvalue weighted by atomic mass is 31.2. The first-order chi connectivity index (χ1) is 44.3. The lowest BCUT2D eigenvalue weighted by molar-refractivity contribution is -0.161. The van der Waals surface area contributed by atoms with Crippen molar-refractivity contribution in [3.8, 4) is 0 Å². The van der Waals surface area contributed by atoms with Gasteiger partial charge in [-0.2, -0.15) is 0 Å². The maximum absolute atomic E-state index is 13.1. The van der Waals surface area contributed by atoms with E-state index in [1.807, 2.05) is 0 Å². The lowest BCUT2D eigenvalue weighted by Crippen LogP contribution is -2.30. The quantitative estimate of drug-likeness (QED) is 0.0222. The number of rotatable bonds is 71. The number of phosphoric ester groups is 2. The van der Waals surface area contributed by atoms with Crippen molar-refractivity contribution in [1.29, 1.82) is 0 Å². The minimum atomic E-state index is -4.96.